The molecule has 1 rings (SSSR count). The van der Waals surface area contributed by atoms with Crippen molar-refractivity contribution in [2.45, 2.75) is 52.1 Å². The van der Waals surface area contributed by atoms with E-state index in [1.165, 1.54) is 32.0 Å². The average Bonchev–Trinajstić information content (AvgIpc) is 2.28. The van der Waals surface area contributed by atoms with Gasteiger partial charge in [-0.25, -0.2) is 4.98 Å². The van der Waals surface area contributed by atoms with Gasteiger partial charge in [0.15, 0.2) is 0 Å². The third-order valence-electron chi connectivity index (χ3n) is 2.48. The van der Waals surface area contributed by atoms with E-state index >= 15 is 0 Å². The van der Waals surface area contributed by atoms with Crippen LogP contribution in [0.15, 0.2) is 12.5 Å². The lowest BCUT2D eigenvalue weighted by Crippen LogP contribution is -2.13. The standard InChI is InChI=1S/C12H21N3O/c1-3-4-5-6-7-10(2)16-12-11(13)8-14-9-15-12/h8-10H,3-7,13H2,1-2H3. The van der Waals surface area contributed by atoms with Crippen molar-refractivity contribution >= 4 is 5.69 Å². The molecule has 0 saturated carbocycles. The van der Waals surface area contributed by atoms with Crippen LogP contribution in [0.4, 0.5) is 5.69 Å². The average molecular weight is 223 g/mol. The fraction of sp³-hybridized carbons (Fsp3) is 0.667. The number of nitrogens with two attached hydrogens (primary N) is 1. The molecule has 0 saturated heterocycles. The Labute approximate surface area is 97.2 Å². The molecule has 1 atom stereocenters. The second-order valence-corrected chi connectivity index (χ2v) is 4.06. The van der Waals surface area contributed by atoms with Crippen molar-refractivity contribution < 1.29 is 4.74 Å². The first-order valence-corrected chi connectivity index (χ1v) is 5.96. The second kappa shape index (κ2) is 7.04. The third kappa shape index (κ3) is 4.47. The zero-order valence-electron chi connectivity index (χ0n) is 10.1. The molecular formula is C12H21N3O. The fourth-order valence-corrected chi connectivity index (χ4v) is 1.54. The molecule has 0 aliphatic heterocycles. The van der Waals surface area contributed by atoms with Gasteiger partial charge in [-0.05, 0) is 19.8 Å². The summed E-state index contributed by atoms with van der Waals surface area (Å²) in [6.07, 6.45) is 9.24. The van der Waals surface area contributed by atoms with E-state index in [-0.39, 0.29) is 6.10 Å². The summed E-state index contributed by atoms with van der Waals surface area (Å²) in [5, 5.41) is 0. The molecule has 1 aromatic heterocycles. The van der Waals surface area contributed by atoms with Crippen molar-refractivity contribution in [3.05, 3.63) is 12.5 Å². The van der Waals surface area contributed by atoms with Crippen LogP contribution in [0, 0.1) is 0 Å². The summed E-state index contributed by atoms with van der Waals surface area (Å²) in [5.74, 6) is 0.498. The smallest absolute Gasteiger partial charge is 0.240 e. The molecule has 1 aromatic rings. The highest BCUT2D eigenvalue weighted by Crippen LogP contribution is 2.18. The lowest BCUT2D eigenvalue weighted by molar-refractivity contribution is 0.199. The number of nitrogens with zero attached hydrogens (tertiary/aromatic N) is 2. The van der Waals surface area contributed by atoms with Crippen molar-refractivity contribution in [1.82, 2.24) is 9.97 Å². The normalized spacial score (nSPS) is 12.4. The molecule has 0 fully saturated rings. The predicted molar refractivity (Wildman–Crippen MR) is 65.3 cm³/mol. The highest BCUT2D eigenvalue weighted by Gasteiger charge is 2.07. The van der Waals surface area contributed by atoms with Crippen LogP contribution in [-0.2, 0) is 0 Å². The van der Waals surface area contributed by atoms with Crippen molar-refractivity contribution in [2.24, 2.45) is 0 Å². The van der Waals surface area contributed by atoms with Gasteiger partial charge in [0.2, 0.25) is 5.88 Å². The van der Waals surface area contributed by atoms with Crippen LogP contribution >= 0.6 is 0 Å². The van der Waals surface area contributed by atoms with Gasteiger partial charge in [-0.3, -0.25) is 0 Å². The molecule has 0 amide bonds. The first-order valence-electron chi connectivity index (χ1n) is 5.96. The Morgan fingerprint density at radius 3 is 2.88 bits per heavy atom. The van der Waals surface area contributed by atoms with E-state index in [1.54, 1.807) is 6.20 Å². The number of ether oxygens (including phenoxy) is 1. The van der Waals surface area contributed by atoms with Crippen LogP contribution < -0.4 is 10.5 Å². The van der Waals surface area contributed by atoms with E-state index in [2.05, 4.69) is 16.9 Å². The minimum Gasteiger partial charge on any atom is -0.473 e. The van der Waals surface area contributed by atoms with Gasteiger partial charge in [-0.2, -0.15) is 4.98 Å². The molecule has 0 aliphatic carbocycles. The Morgan fingerprint density at radius 1 is 1.38 bits per heavy atom. The van der Waals surface area contributed by atoms with Gasteiger partial charge in [0.25, 0.3) is 0 Å². The van der Waals surface area contributed by atoms with Gasteiger partial charge in [0.1, 0.15) is 12.0 Å². The van der Waals surface area contributed by atoms with Crippen molar-refractivity contribution in [3.63, 3.8) is 0 Å². The van der Waals surface area contributed by atoms with Crippen molar-refractivity contribution in [1.29, 1.82) is 0 Å². The number of rotatable bonds is 7. The molecule has 0 radical (unpaired) electrons. The molecule has 0 aromatic carbocycles. The van der Waals surface area contributed by atoms with Gasteiger partial charge in [0, 0.05) is 0 Å². The SMILES string of the molecule is CCCCCCC(C)Oc1ncncc1N. The molecule has 2 N–H and O–H groups in total. The highest BCUT2D eigenvalue weighted by atomic mass is 16.5. The Bertz CT molecular complexity index is 304. The number of unbranched alkanes of at least 4 members (excludes halogenated alkanes) is 3. The topological polar surface area (TPSA) is 61.0 Å². The zero-order valence-corrected chi connectivity index (χ0v) is 10.1. The van der Waals surface area contributed by atoms with Gasteiger partial charge >= 0.3 is 0 Å². The predicted octanol–water partition coefficient (Wildman–Crippen LogP) is 2.80. The molecular weight excluding hydrogens is 202 g/mol. The minimum atomic E-state index is 0.161. The number of hydrogen-bond donors (Lipinski definition) is 1. The molecule has 4 nitrogen and oxygen atoms in total. The first kappa shape index (κ1) is 12.7. The maximum atomic E-state index is 5.70. The quantitative estimate of drug-likeness (QED) is 0.722. The third-order valence-corrected chi connectivity index (χ3v) is 2.48. The molecule has 90 valence electrons. The minimum absolute atomic E-state index is 0.161. The van der Waals surface area contributed by atoms with E-state index in [0.717, 1.165) is 6.42 Å². The lowest BCUT2D eigenvalue weighted by atomic mass is 10.1. The summed E-state index contributed by atoms with van der Waals surface area (Å²) in [4.78, 5) is 7.83. The summed E-state index contributed by atoms with van der Waals surface area (Å²) in [6.45, 7) is 4.26. The van der Waals surface area contributed by atoms with Crippen LogP contribution in [0.2, 0.25) is 0 Å². The summed E-state index contributed by atoms with van der Waals surface area (Å²) in [7, 11) is 0. The molecule has 1 heterocycles. The van der Waals surface area contributed by atoms with Gasteiger partial charge in [-0.1, -0.05) is 26.2 Å². The molecule has 4 heteroatoms. The number of aromatic nitrogens is 2. The highest BCUT2D eigenvalue weighted by molar-refractivity contribution is 5.44. The van der Waals surface area contributed by atoms with Crippen molar-refractivity contribution in [2.75, 3.05) is 5.73 Å². The Kier molecular flexibility index (Phi) is 5.61. The van der Waals surface area contributed by atoms with E-state index in [0.29, 0.717) is 11.6 Å². The van der Waals surface area contributed by atoms with E-state index in [1.807, 2.05) is 6.92 Å². The van der Waals surface area contributed by atoms with Gasteiger partial charge < -0.3 is 10.5 Å². The van der Waals surface area contributed by atoms with Crippen LogP contribution in [0.3, 0.4) is 0 Å². The second-order valence-electron chi connectivity index (χ2n) is 4.06. The Balaban J connectivity index is 2.28. The summed E-state index contributed by atoms with van der Waals surface area (Å²) >= 11 is 0. The molecule has 0 spiro atoms. The Morgan fingerprint density at radius 2 is 2.19 bits per heavy atom. The van der Waals surface area contributed by atoms with E-state index in [4.69, 9.17) is 10.5 Å². The molecule has 0 bridgehead atoms. The number of nitrogen functional groups attached to an aromatic ring is 1. The first-order chi connectivity index (χ1) is 7.74. The molecule has 0 aliphatic rings. The van der Waals surface area contributed by atoms with Crippen LogP contribution in [-0.4, -0.2) is 16.1 Å². The number of hydrogen-bond acceptors (Lipinski definition) is 4. The van der Waals surface area contributed by atoms with E-state index < -0.39 is 0 Å². The van der Waals surface area contributed by atoms with Gasteiger partial charge in [-0.15, -0.1) is 0 Å². The summed E-state index contributed by atoms with van der Waals surface area (Å²) in [6, 6.07) is 0. The molecule has 1 unspecified atom stereocenters. The van der Waals surface area contributed by atoms with Crippen molar-refractivity contribution in [3.8, 4) is 5.88 Å². The summed E-state index contributed by atoms with van der Waals surface area (Å²) < 4.78 is 5.65. The maximum Gasteiger partial charge on any atom is 0.240 e. The largest absolute Gasteiger partial charge is 0.473 e. The maximum absolute atomic E-state index is 5.70. The lowest BCUT2D eigenvalue weighted by Gasteiger charge is -2.14. The molecule has 16 heavy (non-hydrogen) atoms. The van der Waals surface area contributed by atoms with Crippen LogP contribution in [0.5, 0.6) is 5.88 Å². The monoisotopic (exact) mass is 223 g/mol. The number of anilines is 1. The fourth-order valence-electron chi connectivity index (χ4n) is 1.54. The van der Waals surface area contributed by atoms with E-state index in [9.17, 15) is 0 Å². The zero-order chi connectivity index (χ0) is 11.8. The summed E-state index contributed by atoms with van der Waals surface area (Å²) in [5.41, 5.74) is 6.20. The van der Waals surface area contributed by atoms with Crippen LogP contribution in [0.25, 0.3) is 0 Å². The Hall–Kier alpha value is -1.32. The van der Waals surface area contributed by atoms with Crippen LogP contribution in [0.1, 0.15) is 46.0 Å². The van der Waals surface area contributed by atoms with Gasteiger partial charge in [0.05, 0.1) is 12.3 Å².